The van der Waals surface area contributed by atoms with E-state index in [2.05, 4.69) is 26.7 Å². The van der Waals surface area contributed by atoms with Crippen LogP contribution >= 0.6 is 0 Å². The highest BCUT2D eigenvalue weighted by molar-refractivity contribution is 5.08. The van der Waals surface area contributed by atoms with Crippen molar-refractivity contribution in [2.24, 2.45) is 12.8 Å². The maximum absolute atomic E-state index is 6.11. The quantitative estimate of drug-likeness (QED) is 0.907. The predicted octanol–water partition coefficient (Wildman–Crippen LogP) is 1.16. The van der Waals surface area contributed by atoms with Crippen molar-refractivity contribution in [3.05, 3.63) is 11.6 Å². The van der Waals surface area contributed by atoms with E-state index in [1.165, 1.54) is 25.7 Å². The number of nitrogens with two attached hydrogens (primary N) is 1. The molecule has 122 valence electrons. The molecule has 0 bridgehead atoms. The molecule has 2 heterocycles. The molecule has 1 aromatic heterocycles. The van der Waals surface area contributed by atoms with Gasteiger partial charge in [-0.1, -0.05) is 12.8 Å². The number of nitrogens with zero attached hydrogens (tertiary/aromatic N) is 4. The van der Waals surface area contributed by atoms with Crippen molar-refractivity contribution < 1.29 is 4.74 Å². The van der Waals surface area contributed by atoms with E-state index in [1.807, 2.05) is 0 Å². The molecular weight excluding hydrogens is 278 g/mol. The average Bonchev–Trinajstić information content (AvgIpc) is 3.05. The van der Waals surface area contributed by atoms with Gasteiger partial charge in [-0.2, -0.15) is 0 Å². The van der Waals surface area contributed by atoms with E-state index in [4.69, 9.17) is 10.5 Å². The standard InChI is InChI=1S/C16H27N5O/c1-20-14(18-19-15(20)12-8-13(17)9-12)10-21-6-7-22-16(11-21)4-2-3-5-16/h12-13H,2-11,17H2,1H3. The van der Waals surface area contributed by atoms with Gasteiger partial charge in [0.2, 0.25) is 0 Å². The lowest BCUT2D eigenvalue weighted by molar-refractivity contribution is -0.107. The second-order valence-corrected chi connectivity index (χ2v) is 7.41. The first-order chi connectivity index (χ1) is 10.7. The molecule has 0 unspecified atom stereocenters. The molecule has 6 nitrogen and oxygen atoms in total. The molecule has 22 heavy (non-hydrogen) atoms. The molecule has 1 aromatic rings. The van der Waals surface area contributed by atoms with Crippen LogP contribution < -0.4 is 5.73 Å². The third-order valence-corrected chi connectivity index (χ3v) is 5.75. The summed E-state index contributed by atoms with van der Waals surface area (Å²) < 4.78 is 8.30. The summed E-state index contributed by atoms with van der Waals surface area (Å²) in [6.07, 6.45) is 7.15. The lowest BCUT2D eigenvalue weighted by Crippen LogP contribution is -2.50. The van der Waals surface area contributed by atoms with Crippen LogP contribution in [0, 0.1) is 0 Å². The molecule has 6 heteroatoms. The van der Waals surface area contributed by atoms with E-state index in [0.29, 0.717) is 12.0 Å². The average molecular weight is 305 g/mol. The summed E-state index contributed by atoms with van der Waals surface area (Å²) in [5.74, 6) is 2.69. The molecule has 4 rings (SSSR count). The molecule has 1 spiro atoms. The number of hydrogen-bond donors (Lipinski definition) is 1. The van der Waals surface area contributed by atoms with Crippen molar-refractivity contribution in [3.8, 4) is 0 Å². The van der Waals surface area contributed by atoms with Crippen molar-refractivity contribution in [2.75, 3.05) is 19.7 Å². The highest BCUT2D eigenvalue weighted by atomic mass is 16.5. The summed E-state index contributed by atoms with van der Waals surface area (Å²) in [6.45, 7) is 3.78. The molecule has 2 saturated carbocycles. The summed E-state index contributed by atoms with van der Waals surface area (Å²) >= 11 is 0. The summed E-state index contributed by atoms with van der Waals surface area (Å²) in [7, 11) is 2.10. The molecule has 0 amide bonds. The summed E-state index contributed by atoms with van der Waals surface area (Å²) in [5.41, 5.74) is 6.02. The monoisotopic (exact) mass is 305 g/mol. The van der Waals surface area contributed by atoms with Crippen molar-refractivity contribution in [1.82, 2.24) is 19.7 Å². The first kappa shape index (κ1) is 14.6. The maximum atomic E-state index is 6.11. The molecule has 3 aliphatic rings. The van der Waals surface area contributed by atoms with Crippen LogP contribution in [0.4, 0.5) is 0 Å². The number of aromatic nitrogens is 3. The number of rotatable bonds is 3. The fraction of sp³-hybridized carbons (Fsp3) is 0.875. The van der Waals surface area contributed by atoms with Crippen LogP contribution in [-0.4, -0.2) is 51.0 Å². The Balaban J connectivity index is 1.42. The maximum Gasteiger partial charge on any atom is 0.146 e. The van der Waals surface area contributed by atoms with Gasteiger partial charge in [0.25, 0.3) is 0 Å². The molecule has 0 atom stereocenters. The molecule has 0 radical (unpaired) electrons. The van der Waals surface area contributed by atoms with Gasteiger partial charge in [0.1, 0.15) is 11.6 Å². The Morgan fingerprint density at radius 1 is 1.27 bits per heavy atom. The Kier molecular flexibility index (Phi) is 3.71. The molecule has 0 aromatic carbocycles. The lowest BCUT2D eigenvalue weighted by atomic mass is 9.80. The number of ether oxygens (including phenoxy) is 1. The fourth-order valence-corrected chi connectivity index (χ4v) is 4.32. The van der Waals surface area contributed by atoms with Gasteiger partial charge in [0.05, 0.1) is 18.8 Å². The minimum atomic E-state index is 0.125. The molecule has 3 fully saturated rings. The van der Waals surface area contributed by atoms with Crippen molar-refractivity contribution >= 4 is 0 Å². The summed E-state index contributed by atoms with van der Waals surface area (Å²) in [4.78, 5) is 2.50. The lowest BCUT2D eigenvalue weighted by Gasteiger charge is -2.40. The van der Waals surface area contributed by atoms with Gasteiger partial charge in [-0.15, -0.1) is 10.2 Å². The van der Waals surface area contributed by atoms with E-state index in [1.54, 1.807) is 0 Å². The van der Waals surface area contributed by atoms with E-state index in [9.17, 15) is 0 Å². The fourth-order valence-electron chi connectivity index (χ4n) is 4.32. The smallest absolute Gasteiger partial charge is 0.146 e. The molecule has 2 N–H and O–H groups in total. The topological polar surface area (TPSA) is 69.2 Å². The zero-order chi connectivity index (χ0) is 15.2. The van der Waals surface area contributed by atoms with Crippen molar-refractivity contribution in [1.29, 1.82) is 0 Å². The van der Waals surface area contributed by atoms with Crippen molar-refractivity contribution in [2.45, 2.75) is 62.6 Å². The Bertz CT molecular complexity index is 531. The van der Waals surface area contributed by atoms with Gasteiger partial charge in [-0.05, 0) is 25.7 Å². The molecule has 1 aliphatic heterocycles. The minimum Gasteiger partial charge on any atom is -0.372 e. The van der Waals surface area contributed by atoms with E-state index in [-0.39, 0.29) is 5.60 Å². The molecule has 2 aliphatic carbocycles. The largest absolute Gasteiger partial charge is 0.372 e. The second-order valence-electron chi connectivity index (χ2n) is 7.41. The summed E-state index contributed by atoms with van der Waals surface area (Å²) in [6, 6.07) is 0.353. The van der Waals surface area contributed by atoms with E-state index >= 15 is 0 Å². The summed E-state index contributed by atoms with van der Waals surface area (Å²) in [5, 5.41) is 8.87. The third-order valence-electron chi connectivity index (χ3n) is 5.75. The Hall–Kier alpha value is -0.980. The minimum absolute atomic E-state index is 0.125. The Morgan fingerprint density at radius 2 is 2.05 bits per heavy atom. The normalized spacial score (nSPS) is 31.5. The van der Waals surface area contributed by atoms with Crippen LogP contribution in [0.25, 0.3) is 0 Å². The van der Waals surface area contributed by atoms with E-state index in [0.717, 1.165) is 50.7 Å². The first-order valence-electron chi connectivity index (χ1n) is 8.65. The highest BCUT2D eigenvalue weighted by Gasteiger charge is 2.39. The zero-order valence-electron chi connectivity index (χ0n) is 13.5. The Morgan fingerprint density at radius 3 is 2.77 bits per heavy atom. The van der Waals surface area contributed by atoms with Crippen LogP contribution in [0.5, 0.6) is 0 Å². The van der Waals surface area contributed by atoms with Crippen LogP contribution in [0.3, 0.4) is 0 Å². The van der Waals surface area contributed by atoms with Crippen LogP contribution in [0.1, 0.15) is 56.1 Å². The van der Waals surface area contributed by atoms with Gasteiger partial charge >= 0.3 is 0 Å². The van der Waals surface area contributed by atoms with Gasteiger partial charge < -0.3 is 15.0 Å². The predicted molar refractivity (Wildman–Crippen MR) is 83.4 cm³/mol. The highest BCUT2D eigenvalue weighted by Crippen LogP contribution is 2.37. The number of hydrogen-bond acceptors (Lipinski definition) is 5. The zero-order valence-corrected chi connectivity index (χ0v) is 13.5. The van der Waals surface area contributed by atoms with Gasteiger partial charge in [-0.3, -0.25) is 4.90 Å². The van der Waals surface area contributed by atoms with Crippen molar-refractivity contribution in [3.63, 3.8) is 0 Å². The third kappa shape index (κ3) is 2.57. The van der Waals surface area contributed by atoms with Crippen LogP contribution in [0.15, 0.2) is 0 Å². The van der Waals surface area contributed by atoms with Gasteiger partial charge in [0, 0.05) is 32.1 Å². The van der Waals surface area contributed by atoms with Crippen LogP contribution in [-0.2, 0) is 18.3 Å². The molecular formula is C16H27N5O. The first-order valence-corrected chi connectivity index (χ1v) is 8.65. The van der Waals surface area contributed by atoms with Crippen LogP contribution in [0.2, 0.25) is 0 Å². The SMILES string of the molecule is Cn1c(CN2CCOC3(CCCC3)C2)nnc1C1CC(N)C1. The second kappa shape index (κ2) is 5.58. The van der Waals surface area contributed by atoms with Gasteiger partial charge in [0.15, 0.2) is 0 Å². The van der Waals surface area contributed by atoms with E-state index < -0.39 is 0 Å². The molecule has 1 saturated heterocycles. The number of morpholine rings is 1. The van der Waals surface area contributed by atoms with Gasteiger partial charge in [-0.25, -0.2) is 0 Å². The Labute approximate surface area is 132 Å².